The van der Waals surface area contributed by atoms with Crippen LogP contribution in [0.25, 0.3) is 10.9 Å². The molecular formula is C18H24N2S. The molecule has 0 aliphatic carbocycles. The van der Waals surface area contributed by atoms with Gasteiger partial charge in [0.2, 0.25) is 0 Å². The van der Waals surface area contributed by atoms with Crippen molar-refractivity contribution in [2.75, 3.05) is 12.3 Å². The van der Waals surface area contributed by atoms with E-state index in [4.69, 9.17) is 0 Å². The van der Waals surface area contributed by atoms with Gasteiger partial charge in [-0.25, -0.2) is 0 Å². The second-order valence-electron chi connectivity index (χ2n) is 6.16. The van der Waals surface area contributed by atoms with E-state index in [9.17, 15) is 0 Å². The maximum Gasteiger partial charge on any atom is 0.0705 e. The van der Waals surface area contributed by atoms with Crippen LogP contribution in [0.15, 0.2) is 30.3 Å². The number of fused-ring (bicyclic) bond motifs is 1. The van der Waals surface area contributed by atoms with Crippen LogP contribution >= 0.6 is 11.8 Å². The molecule has 0 radical (unpaired) electrons. The van der Waals surface area contributed by atoms with Gasteiger partial charge in [-0.1, -0.05) is 19.1 Å². The van der Waals surface area contributed by atoms with Gasteiger partial charge >= 0.3 is 0 Å². The molecule has 21 heavy (non-hydrogen) atoms. The summed E-state index contributed by atoms with van der Waals surface area (Å²) in [7, 11) is 0. The minimum absolute atomic E-state index is 0.307. The van der Waals surface area contributed by atoms with E-state index in [1.54, 1.807) is 0 Å². The molecule has 1 fully saturated rings. The summed E-state index contributed by atoms with van der Waals surface area (Å²) in [6, 6.07) is 11.5. The van der Waals surface area contributed by atoms with Crippen LogP contribution < -0.4 is 5.32 Å². The monoisotopic (exact) mass is 300 g/mol. The Hall–Kier alpha value is -1.06. The van der Waals surface area contributed by atoms with E-state index in [2.05, 4.69) is 66.2 Å². The highest BCUT2D eigenvalue weighted by atomic mass is 32.2. The van der Waals surface area contributed by atoms with Crippen molar-refractivity contribution in [2.45, 2.75) is 44.4 Å². The highest BCUT2D eigenvalue weighted by molar-refractivity contribution is 8.00. The number of benzene rings is 1. The Labute approximate surface area is 131 Å². The fourth-order valence-corrected chi connectivity index (χ4v) is 4.77. The number of hydrogen-bond donors (Lipinski definition) is 1. The smallest absolute Gasteiger partial charge is 0.0705 e. The van der Waals surface area contributed by atoms with Crippen LogP contribution in [0.4, 0.5) is 0 Å². The fourth-order valence-electron chi connectivity index (χ4n) is 3.34. The number of pyridine rings is 1. The van der Waals surface area contributed by atoms with E-state index < -0.39 is 0 Å². The Kier molecular flexibility index (Phi) is 4.23. The molecule has 0 spiro atoms. The van der Waals surface area contributed by atoms with Gasteiger partial charge in [0.05, 0.1) is 5.52 Å². The normalized spacial score (nSPS) is 23.6. The molecule has 1 aromatic carbocycles. The number of thioether (sulfide) groups is 1. The summed E-state index contributed by atoms with van der Waals surface area (Å²) in [5.74, 6) is 1.28. The third kappa shape index (κ3) is 2.95. The van der Waals surface area contributed by atoms with Crippen LogP contribution in [0, 0.1) is 6.92 Å². The minimum atomic E-state index is 0.307. The largest absolute Gasteiger partial charge is 0.309 e. The molecule has 1 N–H and O–H groups in total. The molecule has 3 heteroatoms. The van der Waals surface area contributed by atoms with E-state index in [1.165, 1.54) is 29.5 Å². The Morgan fingerprint density at radius 1 is 1.33 bits per heavy atom. The van der Waals surface area contributed by atoms with Gasteiger partial charge in [-0.3, -0.25) is 4.98 Å². The van der Waals surface area contributed by atoms with Crippen molar-refractivity contribution < 1.29 is 0 Å². The molecular weight excluding hydrogens is 276 g/mol. The lowest BCUT2D eigenvalue weighted by Crippen LogP contribution is -2.37. The highest BCUT2D eigenvalue weighted by Gasteiger charge is 2.38. The van der Waals surface area contributed by atoms with Crippen LogP contribution in [0.2, 0.25) is 0 Å². The zero-order chi connectivity index (χ0) is 14.9. The number of aromatic nitrogens is 1. The van der Waals surface area contributed by atoms with Gasteiger partial charge in [-0.2, -0.15) is 11.8 Å². The Morgan fingerprint density at radius 2 is 2.19 bits per heavy atom. The standard InChI is InChI=1S/C18H24N2S/c1-4-19-17(18(3)10-5-11-21-18)15-8-9-16-14(12-15)7-6-13(2)20-16/h6-9,12,17,19H,4-5,10-11H2,1-3H3. The van der Waals surface area contributed by atoms with E-state index in [0.29, 0.717) is 10.8 Å². The van der Waals surface area contributed by atoms with Crippen molar-refractivity contribution in [3.8, 4) is 0 Å². The molecule has 2 unspecified atom stereocenters. The van der Waals surface area contributed by atoms with Gasteiger partial charge in [0.15, 0.2) is 0 Å². The summed E-state index contributed by atoms with van der Waals surface area (Å²) in [6.07, 6.45) is 2.62. The van der Waals surface area contributed by atoms with Crippen molar-refractivity contribution in [3.05, 3.63) is 41.6 Å². The molecule has 1 aliphatic heterocycles. The number of hydrogen-bond acceptors (Lipinski definition) is 3. The first-order chi connectivity index (χ1) is 10.1. The average molecular weight is 300 g/mol. The number of rotatable bonds is 4. The summed E-state index contributed by atoms with van der Waals surface area (Å²) in [5, 5.41) is 4.96. The van der Waals surface area contributed by atoms with Crippen LogP contribution in [0.1, 0.15) is 44.0 Å². The summed E-state index contributed by atoms with van der Waals surface area (Å²) >= 11 is 2.12. The molecule has 2 heterocycles. The van der Waals surface area contributed by atoms with Crippen LogP contribution in [0.3, 0.4) is 0 Å². The van der Waals surface area contributed by atoms with Crippen LogP contribution in [-0.4, -0.2) is 22.0 Å². The summed E-state index contributed by atoms with van der Waals surface area (Å²) < 4.78 is 0.307. The van der Waals surface area contributed by atoms with Gasteiger partial charge in [-0.05, 0) is 62.7 Å². The molecule has 112 valence electrons. The lowest BCUT2D eigenvalue weighted by Gasteiger charge is -2.34. The first kappa shape index (κ1) is 14.9. The van der Waals surface area contributed by atoms with Crippen LogP contribution in [-0.2, 0) is 0 Å². The van der Waals surface area contributed by atoms with Crippen molar-refractivity contribution in [1.82, 2.24) is 10.3 Å². The van der Waals surface area contributed by atoms with Crippen LogP contribution in [0.5, 0.6) is 0 Å². The lowest BCUT2D eigenvalue weighted by atomic mass is 9.89. The predicted molar refractivity (Wildman–Crippen MR) is 93.0 cm³/mol. The number of nitrogens with zero attached hydrogens (tertiary/aromatic N) is 1. The zero-order valence-corrected chi connectivity index (χ0v) is 14.0. The Morgan fingerprint density at radius 3 is 2.90 bits per heavy atom. The van der Waals surface area contributed by atoms with E-state index in [-0.39, 0.29) is 0 Å². The van der Waals surface area contributed by atoms with Gasteiger partial charge in [0, 0.05) is 21.9 Å². The van der Waals surface area contributed by atoms with Crippen molar-refractivity contribution >= 4 is 22.7 Å². The SMILES string of the molecule is CCNC(c1ccc2nc(C)ccc2c1)C1(C)CCCS1. The second kappa shape index (κ2) is 5.98. The maximum absolute atomic E-state index is 4.61. The maximum atomic E-state index is 4.61. The van der Waals surface area contributed by atoms with Gasteiger partial charge in [-0.15, -0.1) is 0 Å². The minimum Gasteiger partial charge on any atom is -0.309 e. The molecule has 0 saturated carbocycles. The quantitative estimate of drug-likeness (QED) is 0.901. The van der Waals surface area contributed by atoms with E-state index in [1.807, 2.05) is 6.92 Å². The Balaban J connectivity index is 2.00. The summed E-state index contributed by atoms with van der Waals surface area (Å²) in [6.45, 7) is 7.66. The lowest BCUT2D eigenvalue weighted by molar-refractivity contribution is 0.422. The van der Waals surface area contributed by atoms with Crippen molar-refractivity contribution in [3.63, 3.8) is 0 Å². The predicted octanol–water partition coefficient (Wildman–Crippen LogP) is 4.48. The molecule has 1 aliphatic rings. The molecule has 0 bridgehead atoms. The van der Waals surface area contributed by atoms with E-state index >= 15 is 0 Å². The number of nitrogens with one attached hydrogen (secondary N) is 1. The summed E-state index contributed by atoms with van der Waals surface area (Å²) in [5.41, 5.74) is 3.57. The first-order valence-electron chi connectivity index (χ1n) is 7.87. The van der Waals surface area contributed by atoms with Gasteiger partial charge in [0.1, 0.15) is 0 Å². The number of aryl methyl sites for hydroxylation is 1. The molecule has 1 saturated heterocycles. The fraction of sp³-hybridized carbons (Fsp3) is 0.500. The molecule has 2 aromatic rings. The first-order valence-corrected chi connectivity index (χ1v) is 8.85. The van der Waals surface area contributed by atoms with Gasteiger partial charge < -0.3 is 5.32 Å². The van der Waals surface area contributed by atoms with E-state index in [0.717, 1.165) is 17.8 Å². The second-order valence-corrected chi connectivity index (χ2v) is 7.79. The molecule has 2 nitrogen and oxygen atoms in total. The van der Waals surface area contributed by atoms with Crippen molar-refractivity contribution in [2.24, 2.45) is 0 Å². The summed E-state index contributed by atoms with van der Waals surface area (Å²) in [4.78, 5) is 4.61. The molecule has 1 aromatic heterocycles. The topological polar surface area (TPSA) is 24.9 Å². The molecule has 3 rings (SSSR count). The molecule has 2 atom stereocenters. The third-order valence-electron chi connectivity index (χ3n) is 4.45. The molecule has 0 amide bonds. The zero-order valence-electron chi connectivity index (χ0n) is 13.1. The average Bonchev–Trinajstić information content (AvgIpc) is 2.92. The van der Waals surface area contributed by atoms with Crippen molar-refractivity contribution in [1.29, 1.82) is 0 Å². The highest BCUT2D eigenvalue weighted by Crippen LogP contribution is 2.46. The van der Waals surface area contributed by atoms with Gasteiger partial charge in [0.25, 0.3) is 0 Å². The Bertz CT molecular complexity index is 632. The third-order valence-corrected chi connectivity index (χ3v) is 6.05.